The summed E-state index contributed by atoms with van der Waals surface area (Å²) in [4.78, 5) is 16.3. The lowest BCUT2D eigenvalue weighted by Crippen LogP contribution is -2.49. The molecule has 3 rings (SSSR count). The first-order valence-electron chi connectivity index (χ1n) is 9.23. The molecule has 0 radical (unpaired) electrons. The number of carbonyl (C=O) groups excluding carboxylic acids is 1. The molecule has 0 N–H and O–H groups in total. The highest BCUT2D eigenvalue weighted by atomic mass is 19.4. The summed E-state index contributed by atoms with van der Waals surface area (Å²) < 4.78 is 45.7. The molecule has 6 nitrogen and oxygen atoms in total. The van der Waals surface area contributed by atoms with Gasteiger partial charge in [-0.15, -0.1) is 13.2 Å². The van der Waals surface area contributed by atoms with Crippen LogP contribution in [-0.2, 0) is 0 Å². The molecule has 1 heterocycles. The Balaban J connectivity index is 1.60. The van der Waals surface area contributed by atoms with Gasteiger partial charge in [0.2, 0.25) is 0 Å². The second-order valence-electron chi connectivity index (χ2n) is 6.71. The zero-order chi connectivity index (χ0) is 21.7. The third-order valence-corrected chi connectivity index (χ3v) is 4.86. The summed E-state index contributed by atoms with van der Waals surface area (Å²) >= 11 is 0. The van der Waals surface area contributed by atoms with E-state index < -0.39 is 12.4 Å². The number of methoxy groups -OCH3 is 1. The van der Waals surface area contributed by atoms with Gasteiger partial charge in [-0.1, -0.05) is 12.1 Å². The predicted octanol–water partition coefficient (Wildman–Crippen LogP) is 3.62. The predicted molar refractivity (Wildman–Crippen MR) is 102 cm³/mol. The largest absolute Gasteiger partial charge is 0.573 e. The Morgan fingerprint density at radius 1 is 1.00 bits per heavy atom. The maximum atomic E-state index is 12.6. The molecule has 1 fully saturated rings. The Morgan fingerprint density at radius 3 is 2.07 bits per heavy atom. The Morgan fingerprint density at radius 2 is 1.57 bits per heavy atom. The second kappa shape index (κ2) is 9.05. The van der Waals surface area contributed by atoms with Crippen LogP contribution in [0.5, 0.6) is 11.5 Å². The van der Waals surface area contributed by atoms with Crippen LogP contribution in [0.15, 0.2) is 48.5 Å². The maximum Gasteiger partial charge on any atom is 0.573 e. The maximum absolute atomic E-state index is 12.6. The van der Waals surface area contributed by atoms with Crippen LogP contribution in [-0.4, -0.2) is 55.4 Å². The number of nitrogens with zero attached hydrogens (tertiary/aromatic N) is 3. The van der Waals surface area contributed by atoms with E-state index in [2.05, 4.69) is 10.8 Å². The Hall–Kier alpha value is -3.25. The van der Waals surface area contributed by atoms with Crippen molar-refractivity contribution in [3.05, 3.63) is 59.7 Å². The summed E-state index contributed by atoms with van der Waals surface area (Å²) in [5.41, 5.74) is 1.13. The van der Waals surface area contributed by atoms with Gasteiger partial charge < -0.3 is 14.4 Å². The zero-order valence-corrected chi connectivity index (χ0v) is 16.2. The second-order valence-corrected chi connectivity index (χ2v) is 6.71. The van der Waals surface area contributed by atoms with Crippen molar-refractivity contribution < 1.29 is 27.4 Å². The Labute approximate surface area is 172 Å². The number of nitriles is 1. The number of amides is 1. The van der Waals surface area contributed by atoms with E-state index in [1.54, 1.807) is 24.1 Å². The zero-order valence-electron chi connectivity index (χ0n) is 16.2. The fourth-order valence-corrected chi connectivity index (χ4v) is 3.32. The fourth-order valence-electron chi connectivity index (χ4n) is 3.32. The van der Waals surface area contributed by atoms with Crippen LogP contribution in [0.2, 0.25) is 0 Å². The van der Waals surface area contributed by atoms with Gasteiger partial charge >= 0.3 is 6.36 Å². The van der Waals surface area contributed by atoms with Gasteiger partial charge in [0, 0.05) is 31.7 Å². The van der Waals surface area contributed by atoms with E-state index in [-0.39, 0.29) is 17.2 Å². The van der Waals surface area contributed by atoms with Gasteiger partial charge in [-0.05, 0) is 42.0 Å². The average Bonchev–Trinajstić information content (AvgIpc) is 2.74. The van der Waals surface area contributed by atoms with Crippen molar-refractivity contribution in [3.63, 3.8) is 0 Å². The summed E-state index contributed by atoms with van der Waals surface area (Å²) in [5.74, 6) is 0.0592. The molecule has 0 aliphatic carbocycles. The van der Waals surface area contributed by atoms with Gasteiger partial charge in [0.25, 0.3) is 5.91 Å². The van der Waals surface area contributed by atoms with Crippen molar-refractivity contribution in [2.24, 2.45) is 0 Å². The quantitative estimate of drug-likeness (QED) is 0.741. The van der Waals surface area contributed by atoms with E-state index >= 15 is 0 Å². The van der Waals surface area contributed by atoms with Crippen LogP contribution in [0.1, 0.15) is 22.0 Å². The lowest BCUT2D eigenvalue weighted by Gasteiger charge is -2.37. The molecule has 0 saturated carbocycles. The van der Waals surface area contributed by atoms with Crippen LogP contribution in [0, 0.1) is 11.3 Å². The number of rotatable bonds is 5. The number of hydrogen-bond acceptors (Lipinski definition) is 5. The number of piperazine rings is 1. The van der Waals surface area contributed by atoms with Crippen molar-refractivity contribution in [3.8, 4) is 17.6 Å². The van der Waals surface area contributed by atoms with Crippen LogP contribution >= 0.6 is 0 Å². The summed E-state index contributed by atoms with van der Waals surface area (Å²) in [6.07, 6.45) is -4.77. The Kier molecular flexibility index (Phi) is 6.47. The van der Waals surface area contributed by atoms with Crippen molar-refractivity contribution in [2.45, 2.75) is 12.4 Å². The molecule has 0 spiro atoms. The van der Waals surface area contributed by atoms with Gasteiger partial charge in [0.15, 0.2) is 0 Å². The van der Waals surface area contributed by atoms with Crippen molar-refractivity contribution in [2.75, 3.05) is 33.3 Å². The monoisotopic (exact) mass is 419 g/mol. The van der Waals surface area contributed by atoms with E-state index in [9.17, 15) is 23.2 Å². The van der Waals surface area contributed by atoms with Crippen molar-refractivity contribution in [1.29, 1.82) is 5.26 Å². The van der Waals surface area contributed by atoms with E-state index in [0.717, 1.165) is 17.7 Å². The Bertz CT molecular complexity index is 900. The molecular formula is C21H20F3N3O3. The van der Waals surface area contributed by atoms with E-state index in [1.807, 2.05) is 17.0 Å². The molecule has 0 bridgehead atoms. The number of benzene rings is 2. The van der Waals surface area contributed by atoms with Crippen LogP contribution in [0.4, 0.5) is 13.2 Å². The highest BCUT2D eigenvalue weighted by Crippen LogP contribution is 2.25. The summed E-state index contributed by atoms with van der Waals surface area (Å²) in [6, 6.07) is 14.0. The minimum absolute atomic E-state index is 0.272. The number of ether oxygens (including phenoxy) is 2. The average molecular weight is 419 g/mol. The first-order chi connectivity index (χ1) is 14.3. The molecule has 1 aliphatic heterocycles. The van der Waals surface area contributed by atoms with Crippen molar-refractivity contribution in [1.82, 2.24) is 9.80 Å². The summed E-state index contributed by atoms with van der Waals surface area (Å²) in [5, 5.41) is 9.62. The molecule has 1 aliphatic rings. The number of carbonyl (C=O) groups is 1. The minimum atomic E-state index is -4.77. The van der Waals surface area contributed by atoms with Gasteiger partial charge in [0.05, 0.1) is 13.2 Å². The SMILES string of the molecule is COc1ccc(C(C#N)N2CCN(C(=O)c3ccc(OC(F)(F)F)cc3)CC2)cc1. The lowest BCUT2D eigenvalue weighted by atomic mass is 10.1. The number of alkyl halides is 3. The van der Waals surface area contributed by atoms with E-state index in [4.69, 9.17) is 4.74 Å². The molecule has 1 saturated heterocycles. The van der Waals surface area contributed by atoms with E-state index in [0.29, 0.717) is 31.9 Å². The van der Waals surface area contributed by atoms with Gasteiger partial charge in [-0.3, -0.25) is 9.69 Å². The van der Waals surface area contributed by atoms with E-state index in [1.165, 1.54) is 12.1 Å². The fraction of sp³-hybridized carbons (Fsp3) is 0.333. The molecule has 30 heavy (non-hydrogen) atoms. The van der Waals surface area contributed by atoms with Gasteiger partial charge in [0.1, 0.15) is 17.5 Å². The number of hydrogen-bond donors (Lipinski definition) is 0. The standard InChI is InChI=1S/C21H20F3N3O3/c1-29-17-6-2-15(3-7-17)19(14-25)26-10-12-27(13-11-26)20(28)16-4-8-18(9-5-16)30-21(22,23)24/h2-9,19H,10-13H2,1H3. The smallest absolute Gasteiger partial charge is 0.497 e. The highest BCUT2D eigenvalue weighted by molar-refractivity contribution is 5.94. The molecular weight excluding hydrogens is 399 g/mol. The lowest BCUT2D eigenvalue weighted by molar-refractivity contribution is -0.274. The number of halogens is 3. The first kappa shape index (κ1) is 21.5. The molecule has 1 unspecified atom stereocenters. The molecule has 2 aromatic carbocycles. The minimum Gasteiger partial charge on any atom is -0.497 e. The van der Waals surface area contributed by atoms with Gasteiger partial charge in [-0.2, -0.15) is 5.26 Å². The van der Waals surface area contributed by atoms with Crippen LogP contribution < -0.4 is 9.47 Å². The summed E-state index contributed by atoms with van der Waals surface area (Å²) in [7, 11) is 1.57. The normalized spacial score (nSPS) is 15.9. The first-order valence-corrected chi connectivity index (χ1v) is 9.23. The third-order valence-electron chi connectivity index (χ3n) is 4.86. The van der Waals surface area contributed by atoms with Crippen LogP contribution in [0.25, 0.3) is 0 Å². The highest BCUT2D eigenvalue weighted by Gasteiger charge is 2.31. The molecule has 2 aromatic rings. The third kappa shape index (κ3) is 5.21. The molecule has 9 heteroatoms. The van der Waals surface area contributed by atoms with Gasteiger partial charge in [-0.25, -0.2) is 0 Å². The molecule has 1 amide bonds. The molecule has 1 atom stereocenters. The van der Waals surface area contributed by atoms with Crippen molar-refractivity contribution >= 4 is 5.91 Å². The summed E-state index contributed by atoms with van der Waals surface area (Å²) in [6.45, 7) is 1.83. The topological polar surface area (TPSA) is 65.8 Å². The van der Waals surface area contributed by atoms with Crippen LogP contribution in [0.3, 0.4) is 0 Å². The molecule has 0 aromatic heterocycles. The molecule has 158 valence electrons.